The first-order valence-electron chi connectivity index (χ1n) is 6.56. The van der Waals surface area contributed by atoms with E-state index in [0.29, 0.717) is 24.3 Å². The number of carbonyl (C=O) groups is 2. The molecule has 0 amide bonds. The Bertz CT molecular complexity index is 550. The van der Waals surface area contributed by atoms with Gasteiger partial charge < -0.3 is 9.68 Å². The van der Waals surface area contributed by atoms with Crippen molar-refractivity contribution in [2.24, 2.45) is 10.3 Å². The van der Waals surface area contributed by atoms with E-state index in [1.807, 2.05) is 37.3 Å². The van der Waals surface area contributed by atoms with Crippen LogP contribution in [0.25, 0.3) is 0 Å². The van der Waals surface area contributed by atoms with Crippen LogP contribution in [-0.4, -0.2) is 23.4 Å². The number of hydrogen-bond acceptors (Lipinski definition) is 6. The number of oxime groups is 2. The van der Waals surface area contributed by atoms with Crippen LogP contribution in [0.15, 0.2) is 40.6 Å². The molecule has 112 valence electrons. The third-order valence-corrected chi connectivity index (χ3v) is 2.47. The van der Waals surface area contributed by atoms with Crippen LogP contribution in [0, 0.1) is 0 Å². The zero-order valence-electron chi connectivity index (χ0n) is 12.3. The summed E-state index contributed by atoms with van der Waals surface area (Å²) in [5.41, 5.74) is 1.97. The third-order valence-electron chi connectivity index (χ3n) is 2.47. The Morgan fingerprint density at radius 1 is 1.00 bits per heavy atom. The van der Waals surface area contributed by atoms with E-state index in [9.17, 15) is 9.59 Å². The maximum atomic E-state index is 10.9. The van der Waals surface area contributed by atoms with E-state index in [4.69, 9.17) is 4.84 Å². The normalized spacial score (nSPS) is 12.0. The van der Waals surface area contributed by atoms with Gasteiger partial charge in [-0.05, 0) is 12.0 Å². The van der Waals surface area contributed by atoms with Crippen LogP contribution >= 0.6 is 0 Å². The predicted octanol–water partition coefficient (Wildman–Crippen LogP) is 2.67. The molecule has 0 aliphatic carbocycles. The quantitative estimate of drug-likeness (QED) is 0.458. The van der Waals surface area contributed by atoms with E-state index >= 15 is 0 Å². The van der Waals surface area contributed by atoms with Gasteiger partial charge in [-0.15, -0.1) is 0 Å². The van der Waals surface area contributed by atoms with Crippen molar-refractivity contribution >= 4 is 23.4 Å². The minimum atomic E-state index is -0.501. The van der Waals surface area contributed by atoms with Crippen LogP contribution in [-0.2, 0) is 19.3 Å². The zero-order chi connectivity index (χ0) is 15.7. The summed E-state index contributed by atoms with van der Waals surface area (Å²) in [6.07, 6.45) is 0.903. The van der Waals surface area contributed by atoms with E-state index in [1.54, 1.807) is 0 Å². The number of nitrogens with zero attached hydrogens (tertiary/aromatic N) is 2. The summed E-state index contributed by atoms with van der Waals surface area (Å²) in [5.74, 6) is -0.988. The molecule has 1 aromatic rings. The Labute approximate surface area is 123 Å². The average Bonchev–Trinajstić information content (AvgIpc) is 2.47. The van der Waals surface area contributed by atoms with Gasteiger partial charge in [0.15, 0.2) is 0 Å². The summed E-state index contributed by atoms with van der Waals surface area (Å²) >= 11 is 0. The molecular weight excluding hydrogens is 272 g/mol. The molecule has 0 aliphatic rings. The molecule has 0 N–H and O–H groups in total. The minimum Gasteiger partial charge on any atom is -0.319 e. The minimum absolute atomic E-state index is 0.321. The fraction of sp³-hybridized carbons (Fsp3) is 0.333. The monoisotopic (exact) mass is 290 g/mol. The second kappa shape index (κ2) is 8.63. The van der Waals surface area contributed by atoms with Crippen molar-refractivity contribution in [1.29, 1.82) is 0 Å². The van der Waals surface area contributed by atoms with E-state index in [1.165, 1.54) is 13.8 Å². The molecule has 1 aromatic carbocycles. The highest BCUT2D eigenvalue weighted by Crippen LogP contribution is 2.08. The Hall–Kier alpha value is -2.50. The van der Waals surface area contributed by atoms with E-state index < -0.39 is 11.9 Å². The lowest BCUT2D eigenvalue weighted by Crippen LogP contribution is -2.11. The number of carbonyl (C=O) groups excluding carboxylic acids is 2. The van der Waals surface area contributed by atoms with Crippen LogP contribution in [0.2, 0.25) is 0 Å². The van der Waals surface area contributed by atoms with Crippen molar-refractivity contribution in [3.05, 3.63) is 35.9 Å². The molecule has 0 saturated heterocycles. The van der Waals surface area contributed by atoms with Gasteiger partial charge in [0, 0.05) is 20.3 Å². The third kappa shape index (κ3) is 6.47. The van der Waals surface area contributed by atoms with Gasteiger partial charge in [-0.25, -0.2) is 9.59 Å². The maximum absolute atomic E-state index is 10.9. The van der Waals surface area contributed by atoms with Crippen LogP contribution in [0.4, 0.5) is 0 Å². The predicted molar refractivity (Wildman–Crippen MR) is 78.9 cm³/mol. The van der Waals surface area contributed by atoms with Gasteiger partial charge in [0.25, 0.3) is 0 Å². The topological polar surface area (TPSA) is 77.3 Å². The molecule has 0 fully saturated rings. The summed E-state index contributed by atoms with van der Waals surface area (Å²) in [7, 11) is 0. The van der Waals surface area contributed by atoms with Gasteiger partial charge >= 0.3 is 11.9 Å². The van der Waals surface area contributed by atoms with Crippen LogP contribution in [0.1, 0.15) is 39.2 Å². The molecule has 0 aliphatic heterocycles. The first-order chi connectivity index (χ1) is 10.0. The van der Waals surface area contributed by atoms with Gasteiger partial charge in [-0.1, -0.05) is 47.6 Å². The molecule has 0 saturated carbocycles. The first-order valence-corrected chi connectivity index (χ1v) is 6.56. The molecule has 6 heteroatoms. The summed E-state index contributed by atoms with van der Waals surface area (Å²) in [5, 5.41) is 7.63. The van der Waals surface area contributed by atoms with Crippen molar-refractivity contribution in [2.45, 2.75) is 33.6 Å². The fourth-order valence-electron chi connectivity index (χ4n) is 1.48. The second-order valence-electron chi connectivity index (χ2n) is 4.26. The molecule has 0 aromatic heterocycles. The van der Waals surface area contributed by atoms with Gasteiger partial charge in [-0.2, -0.15) is 0 Å². The molecule has 21 heavy (non-hydrogen) atoms. The van der Waals surface area contributed by atoms with E-state index in [2.05, 4.69) is 15.1 Å². The lowest BCUT2D eigenvalue weighted by molar-refractivity contribution is -0.141. The summed E-state index contributed by atoms with van der Waals surface area (Å²) in [4.78, 5) is 31.1. The van der Waals surface area contributed by atoms with Gasteiger partial charge in [0.05, 0.1) is 11.4 Å². The molecule has 6 nitrogen and oxygen atoms in total. The van der Waals surface area contributed by atoms with Crippen molar-refractivity contribution in [1.82, 2.24) is 0 Å². The molecule has 0 unspecified atom stereocenters. The van der Waals surface area contributed by atoms with Gasteiger partial charge in [-0.3, -0.25) is 0 Å². The fourth-order valence-corrected chi connectivity index (χ4v) is 1.48. The smallest absolute Gasteiger partial charge is 0.319 e. The van der Waals surface area contributed by atoms with Crippen LogP contribution in [0.5, 0.6) is 0 Å². The number of rotatable bonds is 6. The molecule has 0 heterocycles. The van der Waals surface area contributed by atoms with Gasteiger partial charge in [0.2, 0.25) is 0 Å². The van der Waals surface area contributed by atoms with Crippen LogP contribution < -0.4 is 0 Å². The van der Waals surface area contributed by atoms with Crippen molar-refractivity contribution in [2.75, 3.05) is 0 Å². The highest BCUT2D eigenvalue weighted by molar-refractivity contribution is 6.12. The lowest BCUT2D eigenvalue weighted by atomic mass is 10.0. The molecule has 0 spiro atoms. The van der Waals surface area contributed by atoms with Crippen molar-refractivity contribution < 1.29 is 19.3 Å². The molecule has 0 bridgehead atoms. The van der Waals surface area contributed by atoms with Crippen molar-refractivity contribution in [3.63, 3.8) is 0 Å². The largest absolute Gasteiger partial charge is 0.331 e. The van der Waals surface area contributed by atoms with Gasteiger partial charge in [0.1, 0.15) is 0 Å². The Balaban J connectivity index is 2.96. The Morgan fingerprint density at radius 3 is 2.10 bits per heavy atom. The van der Waals surface area contributed by atoms with Crippen molar-refractivity contribution in [3.8, 4) is 0 Å². The lowest BCUT2D eigenvalue weighted by Gasteiger charge is -2.07. The SMILES string of the molecule is CCC(CC(=NOC(C)=O)c1ccccc1)=NOC(C)=O. The summed E-state index contributed by atoms with van der Waals surface area (Å²) < 4.78 is 0. The Kier molecular flexibility index (Phi) is 6.80. The standard InChI is InChI=1S/C15H18N2O4/c1-4-14(16-20-11(2)18)10-15(17-21-12(3)19)13-8-6-5-7-9-13/h5-9H,4,10H2,1-3H3. The number of hydrogen-bond donors (Lipinski definition) is 0. The second-order valence-corrected chi connectivity index (χ2v) is 4.26. The zero-order valence-corrected chi connectivity index (χ0v) is 12.3. The molecule has 0 atom stereocenters. The summed E-state index contributed by atoms with van der Waals surface area (Å²) in [6.45, 7) is 4.44. The maximum Gasteiger partial charge on any atom is 0.331 e. The highest BCUT2D eigenvalue weighted by atomic mass is 16.7. The highest BCUT2D eigenvalue weighted by Gasteiger charge is 2.10. The average molecular weight is 290 g/mol. The molecular formula is C15H18N2O4. The number of benzene rings is 1. The van der Waals surface area contributed by atoms with Crippen LogP contribution in [0.3, 0.4) is 0 Å². The van der Waals surface area contributed by atoms with E-state index in [-0.39, 0.29) is 0 Å². The van der Waals surface area contributed by atoms with E-state index in [0.717, 1.165) is 5.56 Å². The molecule has 1 rings (SSSR count). The molecule has 0 radical (unpaired) electrons. The first kappa shape index (κ1) is 16.6. The Morgan fingerprint density at radius 2 is 1.57 bits per heavy atom. The summed E-state index contributed by atoms with van der Waals surface area (Å²) in [6, 6.07) is 9.28.